The maximum atomic E-state index is 8.84. The zero-order valence-electron chi connectivity index (χ0n) is 8.58. The zero-order valence-corrected chi connectivity index (χ0v) is 9.34. The zero-order chi connectivity index (χ0) is 10.9. The smallest absolute Gasteiger partial charge is 0.0846 e. The van der Waals surface area contributed by atoms with Gasteiger partial charge < -0.3 is 10.2 Å². The molecule has 0 saturated heterocycles. The maximum absolute atomic E-state index is 8.84. The Morgan fingerprint density at radius 2 is 1.86 bits per heavy atom. The van der Waals surface area contributed by atoms with Crippen molar-refractivity contribution in [3.8, 4) is 0 Å². The van der Waals surface area contributed by atoms with E-state index in [1.165, 1.54) is 10.4 Å². The minimum Gasteiger partial charge on any atom is -0.390 e. The van der Waals surface area contributed by atoms with Gasteiger partial charge in [0.1, 0.15) is 0 Å². The first-order valence-corrected chi connectivity index (χ1v) is 4.90. The predicted molar refractivity (Wildman–Crippen MR) is 57.1 cm³/mol. The lowest BCUT2D eigenvalue weighted by Gasteiger charge is -2.19. The van der Waals surface area contributed by atoms with Crippen LogP contribution in [0.3, 0.4) is 0 Å². The van der Waals surface area contributed by atoms with Gasteiger partial charge in [-0.2, -0.15) is 0 Å². The van der Waals surface area contributed by atoms with E-state index < -0.39 is 11.7 Å². The molecule has 0 radical (unpaired) electrons. The highest BCUT2D eigenvalue weighted by atomic mass is 35.5. The van der Waals surface area contributed by atoms with E-state index in [1.807, 2.05) is 12.1 Å². The largest absolute Gasteiger partial charge is 0.390 e. The third-order valence-corrected chi connectivity index (χ3v) is 2.62. The maximum Gasteiger partial charge on any atom is 0.0846 e. The fourth-order valence-corrected chi connectivity index (χ4v) is 1.03. The number of hydrogen-bond donors (Lipinski definition) is 2. The van der Waals surface area contributed by atoms with Crippen LogP contribution in [0.25, 0.3) is 0 Å². The molecule has 3 heteroatoms. The third kappa shape index (κ3) is 2.47. The minimum absolute atomic E-state index is 0.646. The normalized spacial score (nSPS) is 14.1. The van der Waals surface area contributed by atoms with Crippen LogP contribution in [0.2, 0.25) is 5.02 Å². The summed E-state index contributed by atoms with van der Waals surface area (Å²) >= 11 is 5.60. The molecule has 0 aromatic heterocycles. The van der Waals surface area contributed by atoms with Crippen LogP contribution in [-0.4, -0.2) is 21.9 Å². The molecule has 0 spiro atoms. The van der Waals surface area contributed by atoms with Crippen LogP contribution in [0.1, 0.15) is 20.8 Å². The highest BCUT2D eigenvalue weighted by Crippen LogP contribution is 2.20. The predicted octanol–water partition coefficient (Wildman–Crippen LogP) is 2.08. The summed E-state index contributed by atoms with van der Waals surface area (Å²) in [5.74, 6) is 0. The van der Waals surface area contributed by atoms with Gasteiger partial charge in [-0.25, -0.2) is 0 Å². The van der Waals surface area contributed by atoms with Crippen LogP contribution >= 0.6 is 11.6 Å². The molecule has 2 N–H and O–H groups in total. The molecule has 0 heterocycles. The van der Waals surface area contributed by atoms with Crippen LogP contribution in [-0.2, 0) is 0 Å². The van der Waals surface area contributed by atoms with Crippen molar-refractivity contribution >= 4 is 11.6 Å². The number of aliphatic hydroxyl groups excluding tert-OH is 1. The van der Waals surface area contributed by atoms with Crippen LogP contribution in [0, 0.1) is 10.4 Å². The van der Waals surface area contributed by atoms with Crippen molar-refractivity contribution in [2.75, 3.05) is 0 Å². The van der Waals surface area contributed by atoms with E-state index in [4.69, 9.17) is 21.8 Å². The van der Waals surface area contributed by atoms with Gasteiger partial charge in [-0.1, -0.05) is 23.7 Å². The molecule has 1 atom stereocenters. The standard InChI is InChI=1S/C6H3Cl.C5H12O2/c7-6-3-4-1-2-5(4)6;1-4(6)5(2,3)7/h1-3H;4,6-7H,1-3H3. The second kappa shape index (κ2) is 3.89. The van der Waals surface area contributed by atoms with Crippen LogP contribution in [0.15, 0.2) is 18.2 Å². The Morgan fingerprint density at radius 3 is 1.86 bits per heavy atom. The Kier molecular flexibility index (Phi) is 3.20. The van der Waals surface area contributed by atoms with Gasteiger partial charge in [0, 0.05) is 10.2 Å². The van der Waals surface area contributed by atoms with Gasteiger partial charge in [-0.15, -0.1) is 0 Å². The first-order valence-electron chi connectivity index (χ1n) is 4.52. The molecule has 2 nitrogen and oxygen atoms in total. The molecule has 0 aromatic rings. The summed E-state index contributed by atoms with van der Waals surface area (Å²) in [6, 6.07) is 6.05. The van der Waals surface area contributed by atoms with Crippen molar-refractivity contribution in [1.29, 1.82) is 0 Å². The molecule has 2 aliphatic carbocycles. The number of aliphatic hydroxyl groups is 2. The average molecular weight is 215 g/mol. The minimum atomic E-state index is -0.944. The Labute approximate surface area is 88.5 Å². The van der Waals surface area contributed by atoms with Crippen LogP contribution in [0.4, 0.5) is 0 Å². The molecule has 0 amide bonds. The van der Waals surface area contributed by atoms with Crippen molar-refractivity contribution in [3.05, 3.63) is 33.7 Å². The fourth-order valence-electron chi connectivity index (χ4n) is 0.743. The molecule has 1 unspecified atom stereocenters. The molecule has 0 fully saturated rings. The van der Waals surface area contributed by atoms with Crippen LogP contribution in [0.5, 0.6) is 0 Å². The third-order valence-electron chi connectivity index (χ3n) is 2.30. The SMILES string of the molecule is CC(O)C(C)(C)O.Clc1cc2ccc1=2. The van der Waals surface area contributed by atoms with Crippen molar-refractivity contribution in [2.45, 2.75) is 32.5 Å². The van der Waals surface area contributed by atoms with Gasteiger partial charge in [-0.3, -0.25) is 0 Å². The first-order chi connectivity index (χ1) is 6.32. The van der Waals surface area contributed by atoms with Crippen molar-refractivity contribution < 1.29 is 10.2 Å². The Morgan fingerprint density at radius 1 is 1.36 bits per heavy atom. The van der Waals surface area contributed by atoms with E-state index in [-0.39, 0.29) is 0 Å². The summed E-state index contributed by atoms with van der Waals surface area (Å²) in [6.45, 7) is 4.69. The molecular formula is C11H15ClO2. The first kappa shape index (κ1) is 11.5. The van der Waals surface area contributed by atoms with Gasteiger partial charge in [-0.05, 0) is 32.1 Å². The van der Waals surface area contributed by atoms with Gasteiger partial charge in [0.2, 0.25) is 0 Å². The summed E-state index contributed by atoms with van der Waals surface area (Å²) < 4.78 is 0. The Hall–Kier alpha value is -0.570. The molecule has 0 aliphatic heterocycles. The summed E-state index contributed by atoms with van der Waals surface area (Å²) in [7, 11) is 0. The van der Waals surface area contributed by atoms with Crippen molar-refractivity contribution in [2.24, 2.45) is 0 Å². The van der Waals surface area contributed by atoms with Crippen molar-refractivity contribution in [3.63, 3.8) is 0 Å². The lowest BCUT2D eigenvalue weighted by molar-refractivity contribution is -0.0375. The fraction of sp³-hybridized carbons (Fsp3) is 0.455. The topological polar surface area (TPSA) is 40.5 Å². The summed E-state index contributed by atoms with van der Waals surface area (Å²) in [4.78, 5) is 0. The lowest BCUT2D eigenvalue weighted by atomic mass is 10.0. The van der Waals surface area contributed by atoms with Gasteiger partial charge in [0.25, 0.3) is 0 Å². The molecule has 0 bridgehead atoms. The molecule has 0 saturated carbocycles. The van der Waals surface area contributed by atoms with E-state index in [1.54, 1.807) is 20.8 Å². The number of hydrogen-bond acceptors (Lipinski definition) is 2. The number of rotatable bonds is 1. The van der Waals surface area contributed by atoms with E-state index in [0.717, 1.165) is 5.02 Å². The number of halogens is 1. The summed E-state index contributed by atoms with van der Waals surface area (Å²) in [5, 5.41) is 20.9. The summed E-state index contributed by atoms with van der Waals surface area (Å²) in [6.07, 6.45) is -0.646. The monoisotopic (exact) mass is 214 g/mol. The van der Waals surface area contributed by atoms with Gasteiger partial charge >= 0.3 is 0 Å². The second-order valence-electron chi connectivity index (χ2n) is 4.02. The average Bonchev–Trinajstić information content (AvgIpc) is 1.99. The molecule has 2 rings (SSSR count). The Balaban J connectivity index is 0.000000140. The molecule has 2 aliphatic rings. The Bertz CT molecular complexity index is 404. The molecular weight excluding hydrogens is 200 g/mol. The second-order valence-corrected chi connectivity index (χ2v) is 4.43. The van der Waals surface area contributed by atoms with E-state index in [9.17, 15) is 0 Å². The van der Waals surface area contributed by atoms with E-state index >= 15 is 0 Å². The molecule has 14 heavy (non-hydrogen) atoms. The van der Waals surface area contributed by atoms with Gasteiger partial charge in [0.05, 0.1) is 11.7 Å². The molecule has 0 aromatic carbocycles. The lowest BCUT2D eigenvalue weighted by Crippen LogP contribution is -2.32. The molecule has 78 valence electrons. The van der Waals surface area contributed by atoms with Crippen molar-refractivity contribution in [1.82, 2.24) is 0 Å². The highest BCUT2D eigenvalue weighted by Gasteiger charge is 2.18. The number of benzene rings is 1. The van der Waals surface area contributed by atoms with E-state index in [2.05, 4.69) is 6.07 Å². The highest BCUT2D eigenvalue weighted by molar-refractivity contribution is 6.31. The van der Waals surface area contributed by atoms with Crippen LogP contribution < -0.4 is 0 Å². The van der Waals surface area contributed by atoms with Gasteiger partial charge in [0.15, 0.2) is 0 Å². The quantitative estimate of drug-likeness (QED) is 0.763. The summed E-state index contributed by atoms with van der Waals surface area (Å²) in [5.41, 5.74) is -0.944. The van der Waals surface area contributed by atoms with E-state index in [0.29, 0.717) is 0 Å².